The van der Waals surface area contributed by atoms with Crippen molar-refractivity contribution in [2.75, 3.05) is 6.54 Å². The van der Waals surface area contributed by atoms with Gasteiger partial charge in [0, 0.05) is 12.2 Å². The van der Waals surface area contributed by atoms with Crippen LogP contribution >= 0.6 is 0 Å². The number of nitrogens with zero attached hydrogens (tertiary/aromatic N) is 2. The smallest absolute Gasteiger partial charge is 0.323 e. The predicted octanol–water partition coefficient (Wildman–Crippen LogP) is 2.69. The average molecular weight is 324 g/mol. The molecule has 0 bridgehead atoms. The summed E-state index contributed by atoms with van der Waals surface area (Å²) in [6.45, 7) is -0.0861. The molecule has 1 aromatic heterocycles. The van der Waals surface area contributed by atoms with Crippen molar-refractivity contribution in [2.24, 2.45) is 0 Å². The zero-order valence-electron chi connectivity index (χ0n) is 13.4. The van der Waals surface area contributed by atoms with E-state index in [0.717, 1.165) is 36.9 Å². The van der Waals surface area contributed by atoms with Crippen LogP contribution in [0.25, 0.3) is 0 Å². The number of pyridine rings is 1. The molecular formula is C19H20N2O3. The molecule has 1 N–H and O–H groups in total. The predicted molar refractivity (Wildman–Crippen MR) is 89.7 cm³/mol. The highest BCUT2D eigenvalue weighted by Crippen LogP contribution is 2.20. The van der Waals surface area contributed by atoms with Crippen LogP contribution in [0.3, 0.4) is 0 Å². The summed E-state index contributed by atoms with van der Waals surface area (Å²) in [6, 6.07) is 13.1. The zero-order chi connectivity index (χ0) is 16.9. The first-order valence-electron chi connectivity index (χ1n) is 8.17. The fraction of sp³-hybridized carbons (Fsp3) is 0.316. The third kappa shape index (κ3) is 3.79. The van der Waals surface area contributed by atoms with E-state index in [1.165, 1.54) is 10.5 Å². The van der Waals surface area contributed by atoms with Gasteiger partial charge < -0.3 is 10.0 Å². The van der Waals surface area contributed by atoms with Crippen molar-refractivity contribution >= 4 is 11.9 Å². The first-order valence-corrected chi connectivity index (χ1v) is 8.17. The molecule has 0 unspecified atom stereocenters. The minimum absolute atomic E-state index is 0.255. The molecule has 1 heterocycles. The van der Waals surface area contributed by atoms with Gasteiger partial charge in [-0.1, -0.05) is 36.4 Å². The monoisotopic (exact) mass is 324 g/mol. The summed E-state index contributed by atoms with van der Waals surface area (Å²) in [5.74, 6) is -1.37. The molecule has 124 valence electrons. The highest BCUT2D eigenvalue weighted by atomic mass is 16.4. The lowest BCUT2D eigenvalue weighted by molar-refractivity contribution is -0.137. The summed E-state index contributed by atoms with van der Waals surface area (Å²) in [5, 5.41) is 9.14. The fourth-order valence-corrected chi connectivity index (χ4v) is 3.03. The number of carbonyl (C=O) groups is 2. The maximum absolute atomic E-state index is 12.8. The van der Waals surface area contributed by atoms with Crippen molar-refractivity contribution < 1.29 is 14.7 Å². The van der Waals surface area contributed by atoms with Crippen molar-refractivity contribution in [1.82, 2.24) is 9.88 Å². The second kappa shape index (κ2) is 7.25. The summed E-state index contributed by atoms with van der Waals surface area (Å²) >= 11 is 0. The molecular weight excluding hydrogens is 304 g/mol. The topological polar surface area (TPSA) is 70.5 Å². The number of hydrogen-bond donors (Lipinski definition) is 1. The normalized spacial score (nSPS) is 13.2. The Bertz CT molecular complexity index is 744. The minimum Gasteiger partial charge on any atom is -0.480 e. The van der Waals surface area contributed by atoms with E-state index in [1.54, 1.807) is 6.07 Å². The molecule has 24 heavy (non-hydrogen) atoms. The van der Waals surface area contributed by atoms with E-state index in [4.69, 9.17) is 5.11 Å². The third-order valence-electron chi connectivity index (χ3n) is 4.23. The number of aryl methyl sites for hydroxylation is 2. The molecule has 1 amide bonds. The molecule has 0 fully saturated rings. The van der Waals surface area contributed by atoms with Crippen LogP contribution in [-0.2, 0) is 24.2 Å². The molecule has 0 saturated carbocycles. The van der Waals surface area contributed by atoms with Gasteiger partial charge in [-0.05, 0) is 42.9 Å². The summed E-state index contributed by atoms with van der Waals surface area (Å²) in [4.78, 5) is 29.8. The van der Waals surface area contributed by atoms with Gasteiger partial charge >= 0.3 is 5.97 Å². The Morgan fingerprint density at radius 2 is 1.79 bits per heavy atom. The summed E-state index contributed by atoms with van der Waals surface area (Å²) in [6.07, 6.45) is 4.12. The number of aromatic nitrogens is 1. The van der Waals surface area contributed by atoms with Crippen LogP contribution < -0.4 is 0 Å². The first-order chi connectivity index (χ1) is 11.6. The minimum atomic E-state index is -1.03. The molecule has 0 aliphatic heterocycles. The van der Waals surface area contributed by atoms with Crippen LogP contribution in [0.1, 0.15) is 40.2 Å². The summed E-state index contributed by atoms with van der Waals surface area (Å²) < 4.78 is 0. The third-order valence-corrected chi connectivity index (χ3v) is 4.23. The maximum atomic E-state index is 12.8. The first kappa shape index (κ1) is 16.2. The average Bonchev–Trinajstić information content (AvgIpc) is 2.60. The number of hydrogen-bond acceptors (Lipinski definition) is 3. The van der Waals surface area contributed by atoms with Crippen LogP contribution in [0.4, 0.5) is 0 Å². The molecule has 0 spiro atoms. The number of fused-ring (bicyclic) bond motifs is 1. The number of aliphatic carboxylic acids is 1. The number of amides is 1. The highest BCUT2D eigenvalue weighted by molar-refractivity contribution is 5.94. The Labute approximate surface area is 140 Å². The van der Waals surface area contributed by atoms with E-state index in [-0.39, 0.29) is 19.0 Å². The molecule has 0 atom stereocenters. The van der Waals surface area contributed by atoms with Crippen molar-refractivity contribution in [3.05, 3.63) is 65.0 Å². The second-order valence-corrected chi connectivity index (χ2v) is 6.05. The van der Waals surface area contributed by atoms with Gasteiger partial charge in [-0.15, -0.1) is 0 Å². The SMILES string of the molecule is O=C(O)CN(Cc1ccccc1)C(=O)c1ccc2c(n1)CCCC2. The molecule has 2 aromatic rings. The van der Waals surface area contributed by atoms with Gasteiger partial charge in [0.05, 0.1) is 0 Å². The maximum Gasteiger partial charge on any atom is 0.323 e. The Hall–Kier alpha value is -2.69. The van der Waals surface area contributed by atoms with Gasteiger partial charge in [0.25, 0.3) is 5.91 Å². The summed E-state index contributed by atoms with van der Waals surface area (Å²) in [7, 11) is 0. The van der Waals surface area contributed by atoms with Gasteiger partial charge in [-0.25, -0.2) is 4.98 Å². The van der Waals surface area contributed by atoms with E-state index in [1.807, 2.05) is 36.4 Å². The Morgan fingerprint density at radius 1 is 1.04 bits per heavy atom. The van der Waals surface area contributed by atoms with Crippen molar-refractivity contribution in [3.63, 3.8) is 0 Å². The molecule has 1 aliphatic carbocycles. The lowest BCUT2D eigenvalue weighted by Crippen LogP contribution is -2.35. The van der Waals surface area contributed by atoms with Crippen molar-refractivity contribution in [3.8, 4) is 0 Å². The molecule has 3 rings (SSSR count). The largest absolute Gasteiger partial charge is 0.480 e. The number of carbonyl (C=O) groups excluding carboxylic acids is 1. The van der Waals surface area contributed by atoms with E-state index >= 15 is 0 Å². The van der Waals surface area contributed by atoms with E-state index in [0.29, 0.717) is 5.69 Å². The van der Waals surface area contributed by atoms with Gasteiger partial charge in [-0.2, -0.15) is 0 Å². The van der Waals surface area contributed by atoms with Gasteiger partial charge in [0.2, 0.25) is 0 Å². The number of carboxylic acid groups (broad SMARTS) is 1. The van der Waals surface area contributed by atoms with Gasteiger partial charge in [0.1, 0.15) is 12.2 Å². The number of rotatable bonds is 5. The van der Waals surface area contributed by atoms with Crippen LogP contribution in [0.5, 0.6) is 0 Å². The van der Waals surface area contributed by atoms with Gasteiger partial charge in [0.15, 0.2) is 0 Å². The molecule has 0 saturated heterocycles. The highest BCUT2D eigenvalue weighted by Gasteiger charge is 2.21. The fourth-order valence-electron chi connectivity index (χ4n) is 3.03. The Kier molecular flexibility index (Phi) is 4.89. The van der Waals surface area contributed by atoms with Crippen LogP contribution in [0, 0.1) is 0 Å². The lowest BCUT2D eigenvalue weighted by atomic mass is 9.96. The number of carboxylic acids is 1. The summed E-state index contributed by atoms with van der Waals surface area (Å²) in [5.41, 5.74) is 3.39. The van der Waals surface area contributed by atoms with E-state index in [2.05, 4.69) is 4.98 Å². The van der Waals surface area contributed by atoms with Crippen molar-refractivity contribution in [2.45, 2.75) is 32.2 Å². The lowest BCUT2D eigenvalue weighted by Gasteiger charge is -2.22. The standard InChI is InChI=1S/C19H20N2O3/c22-18(23)13-21(12-14-6-2-1-3-7-14)19(24)17-11-10-15-8-4-5-9-16(15)20-17/h1-3,6-7,10-11H,4-5,8-9,12-13H2,(H,22,23). The van der Waals surface area contributed by atoms with Crippen LogP contribution in [0.2, 0.25) is 0 Å². The van der Waals surface area contributed by atoms with Crippen LogP contribution in [0.15, 0.2) is 42.5 Å². The second-order valence-electron chi connectivity index (χ2n) is 6.05. The quantitative estimate of drug-likeness (QED) is 0.918. The van der Waals surface area contributed by atoms with E-state index < -0.39 is 5.97 Å². The molecule has 5 heteroatoms. The molecule has 5 nitrogen and oxygen atoms in total. The van der Waals surface area contributed by atoms with Crippen LogP contribution in [-0.4, -0.2) is 33.4 Å². The molecule has 0 radical (unpaired) electrons. The van der Waals surface area contributed by atoms with Crippen molar-refractivity contribution in [1.29, 1.82) is 0 Å². The zero-order valence-corrected chi connectivity index (χ0v) is 13.4. The Morgan fingerprint density at radius 3 is 2.54 bits per heavy atom. The van der Waals surface area contributed by atoms with E-state index in [9.17, 15) is 9.59 Å². The van der Waals surface area contributed by atoms with Gasteiger partial charge in [-0.3, -0.25) is 9.59 Å². The molecule has 1 aromatic carbocycles. The number of benzene rings is 1. The Balaban J connectivity index is 1.83. The molecule has 1 aliphatic rings.